The molecule has 7 heteroatoms. The van der Waals surface area contributed by atoms with Crippen LogP contribution in [-0.4, -0.2) is 33.8 Å². The van der Waals surface area contributed by atoms with Gasteiger partial charge in [0.1, 0.15) is 0 Å². The number of aliphatic carboxylic acids is 1. The molecule has 1 aromatic heterocycles. The first-order valence-electron chi connectivity index (χ1n) is 6.22. The number of carboxylic acid groups (broad SMARTS) is 1. The largest absolute Gasteiger partial charge is 0.481 e. The number of urea groups is 1. The number of hydrogen-bond donors (Lipinski definition) is 4. The fourth-order valence-electron chi connectivity index (χ4n) is 1.74. The van der Waals surface area contributed by atoms with Gasteiger partial charge in [0.05, 0.1) is 17.1 Å². The van der Waals surface area contributed by atoms with Gasteiger partial charge in [-0.2, -0.15) is 5.10 Å². The van der Waals surface area contributed by atoms with Gasteiger partial charge in [-0.05, 0) is 19.8 Å². The Balaban J connectivity index is 2.45. The average Bonchev–Trinajstić information content (AvgIpc) is 2.65. The first kappa shape index (κ1) is 15.0. The van der Waals surface area contributed by atoms with Crippen molar-refractivity contribution < 1.29 is 14.7 Å². The van der Waals surface area contributed by atoms with Gasteiger partial charge in [-0.3, -0.25) is 9.89 Å². The van der Waals surface area contributed by atoms with Gasteiger partial charge < -0.3 is 15.7 Å². The Bertz CT molecular complexity index is 436. The van der Waals surface area contributed by atoms with Gasteiger partial charge in [-0.1, -0.05) is 13.3 Å². The molecule has 0 radical (unpaired) electrons. The lowest BCUT2D eigenvalue weighted by Crippen LogP contribution is -2.33. The number of aryl methyl sites for hydroxylation is 2. The van der Waals surface area contributed by atoms with E-state index in [0.29, 0.717) is 24.3 Å². The average molecular weight is 268 g/mol. The molecule has 2 amide bonds. The highest BCUT2D eigenvalue weighted by Crippen LogP contribution is 2.15. The van der Waals surface area contributed by atoms with E-state index in [1.165, 1.54) is 0 Å². The molecule has 0 saturated heterocycles. The quantitative estimate of drug-likeness (QED) is 0.629. The van der Waals surface area contributed by atoms with Gasteiger partial charge in [-0.25, -0.2) is 4.79 Å². The van der Waals surface area contributed by atoms with E-state index in [2.05, 4.69) is 20.8 Å². The number of aromatic nitrogens is 2. The number of H-pyrrole nitrogens is 1. The second kappa shape index (κ2) is 6.77. The van der Waals surface area contributed by atoms with Crippen molar-refractivity contribution in [1.29, 1.82) is 0 Å². The fourth-order valence-corrected chi connectivity index (χ4v) is 1.74. The summed E-state index contributed by atoms with van der Waals surface area (Å²) in [6.45, 7) is 5.84. The smallest absolute Gasteiger partial charge is 0.319 e. The van der Waals surface area contributed by atoms with Crippen molar-refractivity contribution in [2.24, 2.45) is 5.92 Å². The molecule has 1 atom stereocenters. The Labute approximate surface area is 111 Å². The number of nitrogens with zero attached hydrogens (tertiary/aromatic N) is 1. The van der Waals surface area contributed by atoms with E-state index in [0.717, 1.165) is 5.69 Å². The molecule has 0 saturated carbocycles. The van der Waals surface area contributed by atoms with Crippen molar-refractivity contribution in [2.45, 2.75) is 33.6 Å². The van der Waals surface area contributed by atoms with Crippen molar-refractivity contribution in [3.63, 3.8) is 0 Å². The lowest BCUT2D eigenvalue weighted by molar-refractivity contribution is -0.138. The summed E-state index contributed by atoms with van der Waals surface area (Å²) in [6.07, 6.45) is 0.761. The second-order valence-corrected chi connectivity index (χ2v) is 4.52. The first-order valence-corrected chi connectivity index (χ1v) is 6.22. The van der Waals surface area contributed by atoms with Crippen LogP contribution >= 0.6 is 0 Å². The van der Waals surface area contributed by atoms with Crippen molar-refractivity contribution in [3.05, 3.63) is 11.4 Å². The Kier molecular flexibility index (Phi) is 5.35. The number of carbonyl (C=O) groups excluding carboxylic acids is 1. The molecule has 0 aliphatic heterocycles. The van der Waals surface area contributed by atoms with Gasteiger partial charge >= 0.3 is 12.0 Å². The van der Waals surface area contributed by atoms with Crippen molar-refractivity contribution in [2.75, 3.05) is 11.9 Å². The van der Waals surface area contributed by atoms with Gasteiger partial charge in [0.25, 0.3) is 0 Å². The summed E-state index contributed by atoms with van der Waals surface area (Å²) in [7, 11) is 0. The summed E-state index contributed by atoms with van der Waals surface area (Å²) in [4.78, 5) is 22.3. The third-order valence-corrected chi connectivity index (χ3v) is 2.96. The molecule has 19 heavy (non-hydrogen) atoms. The van der Waals surface area contributed by atoms with E-state index in [1.807, 2.05) is 13.8 Å². The number of nitrogens with one attached hydrogen (secondary N) is 3. The molecule has 0 spiro atoms. The van der Waals surface area contributed by atoms with Crippen LogP contribution in [0.5, 0.6) is 0 Å². The predicted octanol–water partition coefficient (Wildman–Crippen LogP) is 1.65. The molecule has 106 valence electrons. The van der Waals surface area contributed by atoms with E-state index in [9.17, 15) is 9.59 Å². The highest BCUT2D eigenvalue weighted by atomic mass is 16.4. The van der Waals surface area contributed by atoms with Crippen molar-refractivity contribution >= 4 is 17.7 Å². The van der Waals surface area contributed by atoms with Crippen LogP contribution in [0, 0.1) is 19.8 Å². The maximum absolute atomic E-state index is 11.7. The molecule has 1 heterocycles. The SMILES string of the molecule is CCC(CNC(=O)Nc1c(C)n[nH]c1C)CC(=O)O. The van der Waals surface area contributed by atoms with E-state index >= 15 is 0 Å². The van der Waals surface area contributed by atoms with Gasteiger partial charge in [0.2, 0.25) is 0 Å². The Morgan fingerprint density at radius 1 is 1.42 bits per heavy atom. The third kappa shape index (κ3) is 4.61. The van der Waals surface area contributed by atoms with E-state index in [-0.39, 0.29) is 18.4 Å². The zero-order valence-corrected chi connectivity index (χ0v) is 11.4. The minimum Gasteiger partial charge on any atom is -0.481 e. The lowest BCUT2D eigenvalue weighted by Gasteiger charge is -2.14. The van der Waals surface area contributed by atoms with Crippen molar-refractivity contribution in [1.82, 2.24) is 15.5 Å². The number of aromatic amines is 1. The number of carbonyl (C=O) groups is 2. The standard InChI is InChI=1S/C12H20N4O3/c1-4-9(5-10(17)18)6-13-12(19)14-11-7(2)15-16-8(11)3/h9H,4-6H2,1-3H3,(H,15,16)(H,17,18)(H2,13,14,19). The Morgan fingerprint density at radius 2 is 2.11 bits per heavy atom. The Morgan fingerprint density at radius 3 is 2.58 bits per heavy atom. The molecule has 7 nitrogen and oxygen atoms in total. The topological polar surface area (TPSA) is 107 Å². The molecule has 0 fully saturated rings. The summed E-state index contributed by atoms with van der Waals surface area (Å²) in [6, 6.07) is -0.351. The van der Waals surface area contributed by atoms with Crippen LogP contribution in [0.25, 0.3) is 0 Å². The fraction of sp³-hybridized carbons (Fsp3) is 0.583. The molecule has 0 aliphatic rings. The molecule has 1 rings (SSSR count). The normalized spacial score (nSPS) is 11.9. The maximum atomic E-state index is 11.7. The highest BCUT2D eigenvalue weighted by molar-refractivity contribution is 5.90. The minimum absolute atomic E-state index is 0.0561. The van der Waals surface area contributed by atoms with Crippen LogP contribution in [0.1, 0.15) is 31.2 Å². The number of amides is 2. The molecule has 1 unspecified atom stereocenters. The molecule has 0 bridgehead atoms. The molecule has 1 aromatic rings. The number of carboxylic acids is 1. The first-order chi connectivity index (χ1) is 8.93. The van der Waals surface area contributed by atoms with Gasteiger partial charge in [0.15, 0.2) is 0 Å². The Hall–Kier alpha value is -2.05. The van der Waals surface area contributed by atoms with Crippen LogP contribution in [0.15, 0.2) is 0 Å². The maximum Gasteiger partial charge on any atom is 0.319 e. The summed E-state index contributed by atoms with van der Waals surface area (Å²) in [5.74, 6) is -0.912. The zero-order valence-electron chi connectivity index (χ0n) is 11.4. The third-order valence-electron chi connectivity index (χ3n) is 2.96. The van der Waals surface area contributed by atoms with Crippen LogP contribution in [0.4, 0.5) is 10.5 Å². The van der Waals surface area contributed by atoms with Crippen LogP contribution in [0.3, 0.4) is 0 Å². The lowest BCUT2D eigenvalue weighted by atomic mass is 10.0. The van der Waals surface area contributed by atoms with Crippen molar-refractivity contribution in [3.8, 4) is 0 Å². The van der Waals surface area contributed by atoms with Crippen LogP contribution in [-0.2, 0) is 4.79 Å². The predicted molar refractivity (Wildman–Crippen MR) is 71.1 cm³/mol. The van der Waals surface area contributed by atoms with E-state index in [1.54, 1.807) is 6.92 Å². The number of hydrogen-bond acceptors (Lipinski definition) is 3. The minimum atomic E-state index is -0.851. The molecular weight excluding hydrogens is 248 g/mol. The van der Waals surface area contributed by atoms with Gasteiger partial charge in [-0.15, -0.1) is 0 Å². The summed E-state index contributed by atoms with van der Waals surface area (Å²) >= 11 is 0. The summed E-state index contributed by atoms with van der Waals surface area (Å²) in [5, 5.41) is 20.8. The summed E-state index contributed by atoms with van der Waals surface area (Å²) < 4.78 is 0. The zero-order chi connectivity index (χ0) is 14.4. The number of rotatable bonds is 6. The highest BCUT2D eigenvalue weighted by Gasteiger charge is 2.14. The monoisotopic (exact) mass is 268 g/mol. The van der Waals surface area contributed by atoms with E-state index < -0.39 is 5.97 Å². The van der Waals surface area contributed by atoms with Crippen LogP contribution in [0.2, 0.25) is 0 Å². The summed E-state index contributed by atoms with van der Waals surface area (Å²) in [5.41, 5.74) is 2.15. The van der Waals surface area contributed by atoms with Gasteiger partial charge in [0, 0.05) is 13.0 Å². The van der Waals surface area contributed by atoms with E-state index in [4.69, 9.17) is 5.11 Å². The molecule has 0 aromatic carbocycles. The number of anilines is 1. The molecule has 0 aliphatic carbocycles. The molecule has 4 N–H and O–H groups in total. The van der Waals surface area contributed by atoms with Crippen LogP contribution < -0.4 is 10.6 Å². The second-order valence-electron chi connectivity index (χ2n) is 4.52. The molecular formula is C12H20N4O3.